The number of aromatic carboxylic acids is 1. The summed E-state index contributed by atoms with van der Waals surface area (Å²) in [5, 5.41) is 15.3. The van der Waals surface area contributed by atoms with Gasteiger partial charge in [-0.2, -0.15) is 5.10 Å². The molecule has 0 saturated heterocycles. The Morgan fingerprint density at radius 2 is 2.31 bits per heavy atom. The minimum absolute atomic E-state index is 0.147. The Morgan fingerprint density at radius 1 is 1.50 bits per heavy atom. The Morgan fingerprint density at radius 3 is 3.00 bits per heavy atom. The SMILES string of the molecule is COc1cccc(-c2[nH]ncc2C(=O)O)c1. The molecule has 1 aromatic heterocycles. The first kappa shape index (κ1) is 10.2. The summed E-state index contributed by atoms with van der Waals surface area (Å²) in [7, 11) is 1.56. The van der Waals surface area contributed by atoms with Crippen LogP contribution in [0.15, 0.2) is 30.5 Å². The maximum atomic E-state index is 10.9. The van der Waals surface area contributed by atoms with Gasteiger partial charge < -0.3 is 9.84 Å². The van der Waals surface area contributed by atoms with Crippen LogP contribution < -0.4 is 4.74 Å². The van der Waals surface area contributed by atoms with Gasteiger partial charge in [-0.3, -0.25) is 5.10 Å². The lowest BCUT2D eigenvalue weighted by molar-refractivity contribution is 0.0698. The van der Waals surface area contributed by atoms with Crippen molar-refractivity contribution in [3.8, 4) is 17.0 Å². The topological polar surface area (TPSA) is 75.2 Å². The highest BCUT2D eigenvalue weighted by Crippen LogP contribution is 2.24. The number of rotatable bonds is 3. The molecule has 0 atom stereocenters. The molecule has 1 heterocycles. The Balaban J connectivity index is 2.50. The van der Waals surface area contributed by atoms with Gasteiger partial charge in [-0.05, 0) is 12.1 Å². The van der Waals surface area contributed by atoms with Crippen LogP contribution in [0.4, 0.5) is 0 Å². The van der Waals surface area contributed by atoms with E-state index in [4.69, 9.17) is 9.84 Å². The zero-order valence-corrected chi connectivity index (χ0v) is 8.60. The molecule has 0 aliphatic carbocycles. The summed E-state index contributed by atoms with van der Waals surface area (Å²) >= 11 is 0. The second-order valence-electron chi connectivity index (χ2n) is 3.20. The first-order valence-corrected chi connectivity index (χ1v) is 4.63. The fourth-order valence-corrected chi connectivity index (χ4v) is 1.45. The molecule has 5 heteroatoms. The molecule has 0 unspecified atom stereocenters. The van der Waals surface area contributed by atoms with Crippen molar-refractivity contribution in [3.05, 3.63) is 36.0 Å². The summed E-state index contributed by atoms with van der Waals surface area (Å²) in [5.41, 5.74) is 1.36. The van der Waals surface area contributed by atoms with Crippen molar-refractivity contribution in [2.45, 2.75) is 0 Å². The van der Waals surface area contributed by atoms with Crippen LogP contribution in [-0.4, -0.2) is 28.4 Å². The van der Waals surface area contributed by atoms with Crippen LogP contribution in [0.25, 0.3) is 11.3 Å². The molecular weight excluding hydrogens is 208 g/mol. The highest BCUT2D eigenvalue weighted by molar-refractivity contribution is 5.94. The minimum Gasteiger partial charge on any atom is -0.497 e. The predicted octanol–water partition coefficient (Wildman–Crippen LogP) is 1.78. The quantitative estimate of drug-likeness (QED) is 0.823. The summed E-state index contributed by atoms with van der Waals surface area (Å²) in [4.78, 5) is 10.9. The molecule has 82 valence electrons. The number of carbonyl (C=O) groups is 1. The third-order valence-electron chi connectivity index (χ3n) is 2.23. The van der Waals surface area contributed by atoms with Crippen molar-refractivity contribution < 1.29 is 14.6 Å². The zero-order valence-electron chi connectivity index (χ0n) is 8.60. The van der Waals surface area contributed by atoms with E-state index < -0.39 is 5.97 Å². The molecule has 2 N–H and O–H groups in total. The molecule has 0 aliphatic heterocycles. The summed E-state index contributed by atoms with van der Waals surface area (Å²) < 4.78 is 5.07. The van der Waals surface area contributed by atoms with Crippen molar-refractivity contribution in [1.29, 1.82) is 0 Å². The van der Waals surface area contributed by atoms with E-state index in [-0.39, 0.29) is 5.56 Å². The molecule has 0 saturated carbocycles. The van der Waals surface area contributed by atoms with E-state index in [1.807, 2.05) is 0 Å². The fourth-order valence-electron chi connectivity index (χ4n) is 1.45. The number of aromatic amines is 1. The molecule has 0 spiro atoms. The van der Waals surface area contributed by atoms with Gasteiger partial charge in [0.15, 0.2) is 0 Å². The van der Waals surface area contributed by atoms with Crippen molar-refractivity contribution in [3.63, 3.8) is 0 Å². The normalized spacial score (nSPS) is 10.1. The average molecular weight is 218 g/mol. The monoisotopic (exact) mass is 218 g/mol. The molecule has 1 aromatic carbocycles. The Labute approximate surface area is 91.7 Å². The lowest BCUT2D eigenvalue weighted by Gasteiger charge is -2.03. The number of carboxylic acid groups (broad SMARTS) is 1. The van der Waals surface area contributed by atoms with Gasteiger partial charge in [0.25, 0.3) is 0 Å². The summed E-state index contributed by atoms with van der Waals surface area (Å²) in [6, 6.07) is 7.13. The van der Waals surface area contributed by atoms with Gasteiger partial charge in [0.1, 0.15) is 11.3 Å². The van der Waals surface area contributed by atoms with Crippen LogP contribution in [0.2, 0.25) is 0 Å². The van der Waals surface area contributed by atoms with Gasteiger partial charge in [0.05, 0.1) is 19.0 Å². The van der Waals surface area contributed by atoms with E-state index in [0.717, 1.165) is 5.56 Å². The molecule has 0 radical (unpaired) electrons. The number of hydrogen-bond donors (Lipinski definition) is 2. The predicted molar refractivity (Wildman–Crippen MR) is 57.5 cm³/mol. The number of methoxy groups -OCH3 is 1. The molecule has 16 heavy (non-hydrogen) atoms. The molecule has 2 aromatic rings. The Hall–Kier alpha value is -2.30. The summed E-state index contributed by atoms with van der Waals surface area (Å²) in [6.07, 6.45) is 1.29. The van der Waals surface area contributed by atoms with Gasteiger partial charge in [-0.25, -0.2) is 4.79 Å². The molecule has 5 nitrogen and oxygen atoms in total. The highest BCUT2D eigenvalue weighted by atomic mass is 16.5. The van der Waals surface area contributed by atoms with Gasteiger partial charge in [-0.15, -0.1) is 0 Å². The van der Waals surface area contributed by atoms with E-state index in [9.17, 15) is 4.79 Å². The summed E-state index contributed by atoms with van der Waals surface area (Å²) in [5.74, 6) is -0.338. The minimum atomic E-state index is -1.01. The molecule has 2 rings (SSSR count). The summed E-state index contributed by atoms with van der Waals surface area (Å²) in [6.45, 7) is 0. The van der Waals surface area contributed by atoms with Crippen LogP contribution in [0, 0.1) is 0 Å². The number of carboxylic acids is 1. The maximum Gasteiger partial charge on any atom is 0.339 e. The van der Waals surface area contributed by atoms with Gasteiger partial charge in [0.2, 0.25) is 0 Å². The number of aromatic nitrogens is 2. The fraction of sp³-hybridized carbons (Fsp3) is 0.0909. The molecular formula is C11H10N2O3. The van der Waals surface area contributed by atoms with E-state index in [1.165, 1.54) is 6.20 Å². The van der Waals surface area contributed by atoms with Crippen molar-refractivity contribution >= 4 is 5.97 Å². The molecule has 0 fully saturated rings. The van der Waals surface area contributed by atoms with Crippen LogP contribution in [-0.2, 0) is 0 Å². The molecule has 0 bridgehead atoms. The Bertz CT molecular complexity index is 519. The third-order valence-corrected chi connectivity index (χ3v) is 2.23. The first-order chi connectivity index (χ1) is 7.72. The number of nitrogens with one attached hydrogen (secondary N) is 1. The van der Waals surface area contributed by atoms with E-state index in [0.29, 0.717) is 11.4 Å². The number of nitrogens with zero attached hydrogens (tertiary/aromatic N) is 1. The zero-order chi connectivity index (χ0) is 11.5. The number of benzene rings is 1. The Kier molecular flexibility index (Phi) is 2.59. The van der Waals surface area contributed by atoms with Crippen LogP contribution in [0.1, 0.15) is 10.4 Å². The lowest BCUT2D eigenvalue weighted by atomic mass is 10.1. The van der Waals surface area contributed by atoms with Gasteiger partial charge >= 0.3 is 5.97 Å². The average Bonchev–Trinajstić information content (AvgIpc) is 2.78. The lowest BCUT2D eigenvalue weighted by Crippen LogP contribution is -1.96. The molecule has 0 amide bonds. The van der Waals surface area contributed by atoms with Crippen molar-refractivity contribution in [2.24, 2.45) is 0 Å². The number of ether oxygens (including phenoxy) is 1. The van der Waals surface area contributed by atoms with E-state index in [2.05, 4.69) is 10.2 Å². The van der Waals surface area contributed by atoms with E-state index in [1.54, 1.807) is 31.4 Å². The van der Waals surface area contributed by atoms with Crippen molar-refractivity contribution in [1.82, 2.24) is 10.2 Å². The first-order valence-electron chi connectivity index (χ1n) is 4.63. The van der Waals surface area contributed by atoms with Crippen molar-refractivity contribution in [2.75, 3.05) is 7.11 Å². The third kappa shape index (κ3) is 1.75. The standard InChI is InChI=1S/C11H10N2O3/c1-16-8-4-2-3-7(5-8)10-9(11(14)15)6-12-13-10/h2-6H,1H3,(H,12,13)(H,14,15). The highest BCUT2D eigenvalue weighted by Gasteiger charge is 2.13. The van der Waals surface area contributed by atoms with Crippen LogP contribution in [0.3, 0.4) is 0 Å². The van der Waals surface area contributed by atoms with Crippen LogP contribution >= 0.6 is 0 Å². The van der Waals surface area contributed by atoms with Crippen LogP contribution in [0.5, 0.6) is 5.75 Å². The van der Waals surface area contributed by atoms with Gasteiger partial charge in [0, 0.05) is 5.56 Å². The number of H-pyrrole nitrogens is 1. The van der Waals surface area contributed by atoms with E-state index >= 15 is 0 Å². The number of hydrogen-bond acceptors (Lipinski definition) is 3. The largest absolute Gasteiger partial charge is 0.497 e. The van der Waals surface area contributed by atoms with Gasteiger partial charge in [-0.1, -0.05) is 12.1 Å². The second-order valence-corrected chi connectivity index (χ2v) is 3.20. The smallest absolute Gasteiger partial charge is 0.339 e. The second kappa shape index (κ2) is 4.06. The molecule has 0 aliphatic rings. The maximum absolute atomic E-state index is 10.9.